The summed E-state index contributed by atoms with van der Waals surface area (Å²) in [4.78, 5) is 2.28. The SMILES string of the molecule is CC(C)(C)C#CCN1CCCC1CO. The van der Waals surface area contributed by atoms with Gasteiger partial charge in [0, 0.05) is 11.5 Å². The number of hydrogen-bond donors (Lipinski definition) is 1. The van der Waals surface area contributed by atoms with Crippen molar-refractivity contribution in [2.45, 2.75) is 39.7 Å². The highest BCUT2D eigenvalue weighted by Gasteiger charge is 2.22. The molecule has 0 aromatic carbocycles. The molecule has 1 N–H and O–H groups in total. The predicted octanol–water partition coefficient (Wildman–Crippen LogP) is 1.49. The number of hydrogen-bond acceptors (Lipinski definition) is 2. The van der Waals surface area contributed by atoms with Crippen LogP contribution in [0.4, 0.5) is 0 Å². The summed E-state index contributed by atoms with van der Waals surface area (Å²) in [5.41, 5.74) is 0.0917. The van der Waals surface area contributed by atoms with E-state index in [-0.39, 0.29) is 12.0 Å². The van der Waals surface area contributed by atoms with Gasteiger partial charge in [0.25, 0.3) is 0 Å². The Hall–Kier alpha value is -0.520. The fourth-order valence-electron chi connectivity index (χ4n) is 1.72. The lowest BCUT2D eigenvalue weighted by molar-refractivity contribution is 0.171. The first kappa shape index (κ1) is 11.6. The van der Waals surface area contributed by atoms with Gasteiger partial charge in [-0.15, -0.1) is 0 Å². The van der Waals surface area contributed by atoms with Gasteiger partial charge in [-0.2, -0.15) is 0 Å². The van der Waals surface area contributed by atoms with Crippen LogP contribution in [0.5, 0.6) is 0 Å². The quantitative estimate of drug-likeness (QED) is 0.675. The van der Waals surface area contributed by atoms with E-state index in [0.29, 0.717) is 6.04 Å². The summed E-state index contributed by atoms with van der Waals surface area (Å²) >= 11 is 0. The van der Waals surface area contributed by atoms with E-state index in [9.17, 15) is 0 Å². The molecule has 0 spiro atoms. The Morgan fingerprint density at radius 2 is 2.14 bits per heavy atom. The molecule has 1 saturated heterocycles. The molecule has 0 aromatic rings. The molecule has 80 valence electrons. The minimum atomic E-state index is 0.0917. The maximum Gasteiger partial charge on any atom is 0.0604 e. The van der Waals surface area contributed by atoms with Gasteiger partial charge in [-0.05, 0) is 40.2 Å². The molecular formula is C12H21NO. The molecule has 0 radical (unpaired) electrons. The number of likely N-dealkylation sites (tertiary alicyclic amines) is 1. The Labute approximate surface area is 87.3 Å². The van der Waals surface area contributed by atoms with Crippen LogP contribution >= 0.6 is 0 Å². The van der Waals surface area contributed by atoms with Crippen molar-refractivity contribution >= 4 is 0 Å². The van der Waals surface area contributed by atoms with E-state index in [1.165, 1.54) is 6.42 Å². The molecule has 0 saturated carbocycles. The highest BCUT2D eigenvalue weighted by atomic mass is 16.3. The normalized spacial score (nSPS) is 23.3. The van der Waals surface area contributed by atoms with Crippen LogP contribution in [0.25, 0.3) is 0 Å². The largest absolute Gasteiger partial charge is 0.395 e. The van der Waals surface area contributed by atoms with Crippen LogP contribution in [0.3, 0.4) is 0 Å². The van der Waals surface area contributed by atoms with Gasteiger partial charge in [-0.25, -0.2) is 0 Å². The summed E-state index contributed by atoms with van der Waals surface area (Å²) < 4.78 is 0. The van der Waals surface area contributed by atoms with E-state index in [2.05, 4.69) is 37.5 Å². The van der Waals surface area contributed by atoms with Gasteiger partial charge in [0.15, 0.2) is 0 Å². The van der Waals surface area contributed by atoms with Crippen molar-refractivity contribution in [2.24, 2.45) is 5.41 Å². The number of nitrogens with zero attached hydrogens (tertiary/aromatic N) is 1. The van der Waals surface area contributed by atoms with E-state index in [0.717, 1.165) is 19.5 Å². The van der Waals surface area contributed by atoms with Gasteiger partial charge in [0.2, 0.25) is 0 Å². The van der Waals surface area contributed by atoms with Crippen molar-refractivity contribution in [1.29, 1.82) is 0 Å². The molecule has 2 heteroatoms. The molecule has 0 aromatic heterocycles. The second-order valence-corrected chi connectivity index (χ2v) is 5.00. The molecule has 1 unspecified atom stereocenters. The van der Waals surface area contributed by atoms with Crippen molar-refractivity contribution in [1.82, 2.24) is 4.90 Å². The van der Waals surface area contributed by atoms with Crippen LogP contribution in [0.2, 0.25) is 0 Å². The van der Waals surface area contributed by atoms with Gasteiger partial charge in [-0.1, -0.05) is 11.8 Å². The van der Waals surface area contributed by atoms with Gasteiger partial charge in [0.1, 0.15) is 0 Å². The van der Waals surface area contributed by atoms with Crippen LogP contribution in [0.1, 0.15) is 33.6 Å². The molecule has 1 aliphatic heterocycles. The van der Waals surface area contributed by atoms with Crippen LogP contribution in [-0.2, 0) is 0 Å². The van der Waals surface area contributed by atoms with Crippen LogP contribution < -0.4 is 0 Å². The fraction of sp³-hybridized carbons (Fsp3) is 0.833. The average Bonchev–Trinajstić information content (AvgIpc) is 2.49. The summed E-state index contributed by atoms with van der Waals surface area (Å²) in [7, 11) is 0. The van der Waals surface area contributed by atoms with E-state index < -0.39 is 0 Å². The lowest BCUT2D eigenvalue weighted by atomic mass is 9.98. The maximum atomic E-state index is 9.11. The molecular weight excluding hydrogens is 174 g/mol. The highest BCUT2D eigenvalue weighted by molar-refractivity contribution is 5.09. The monoisotopic (exact) mass is 195 g/mol. The second-order valence-electron chi connectivity index (χ2n) is 5.00. The smallest absolute Gasteiger partial charge is 0.0604 e. The molecule has 0 amide bonds. The molecule has 1 aliphatic rings. The molecule has 1 atom stereocenters. The Morgan fingerprint density at radius 1 is 1.43 bits per heavy atom. The number of aliphatic hydroxyl groups is 1. The molecule has 1 fully saturated rings. The molecule has 0 bridgehead atoms. The summed E-state index contributed by atoms with van der Waals surface area (Å²) in [5, 5.41) is 9.11. The molecule has 0 aliphatic carbocycles. The summed E-state index contributed by atoms with van der Waals surface area (Å²) in [6, 6.07) is 0.351. The summed E-state index contributed by atoms with van der Waals surface area (Å²) in [6.07, 6.45) is 2.32. The Morgan fingerprint density at radius 3 is 2.71 bits per heavy atom. The van der Waals surface area contributed by atoms with Gasteiger partial charge in [0.05, 0.1) is 13.2 Å². The number of rotatable bonds is 2. The molecule has 14 heavy (non-hydrogen) atoms. The standard InChI is InChI=1S/C12H21NO/c1-12(2,3)7-5-9-13-8-4-6-11(13)10-14/h11,14H,4,6,8-10H2,1-3H3. The second kappa shape index (κ2) is 4.82. The first-order chi connectivity index (χ1) is 6.53. The van der Waals surface area contributed by atoms with Crippen molar-refractivity contribution in [2.75, 3.05) is 19.7 Å². The Bertz CT molecular complexity index is 231. The first-order valence-corrected chi connectivity index (χ1v) is 5.38. The summed E-state index contributed by atoms with van der Waals surface area (Å²) in [6.45, 7) is 8.53. The highest BCUT2D eigenvalue weighted by Crippen LogP contribution is 2.16. The van der Waals surface area contributed by atoms with Crippen LogP contribution in [-0.4, -0.2) is 35.7 Å². The topological polar surface area (TPSA) is 23.5 Å². The molecule has 1 heterocycles. The van der Waals surface area contributed by atoms with Gasteiger partial charge in [-0.3, -0.25) is 4.90 Å². The van der Waals surface area contributed by atoms with Crippen LogP contribution in [0, 0.1) is 17.3 Å². The number of aliphatic hydroxyl groups excluding tert-OH is 1. The third-order valence-electron chi connectivity index (χ3n) is 2.46. The third-order valence-corrected chi connectivity index (χ3v) is 2.46. The Balaban J connectivity index is 2.40. The van der Waals surface area contributed by atoms with Gasteiger partial charge >= 0.3 is 0 Å². The van der Waals surface area contributed by atoms with E-state index in [1.807, 2.05) is 0 Å². The first-order valence-electron chi connectivity index (χ1n) is 5.38. The molecule has 2 nitrogen and oxygen atoms in total. The van der Waals surface area contributed by atoms with Gasteiger partial charge < -0.3 is 5.11 Å². The van der Waals surface area contributed by atoms with E-state index in [1.54, 1.807) is 0 Å². The van der Waals surface area contributed by atoms with Crippen molar-refractivity contribution in [3.8, 4) is 11.8 Å². The van der Waals surface area contributed by atoms with Crippen LogP contribution in [0.15, 0.2) is 0 Å². The predicted molar refractivity (Wildman–Crippen MR) is 58.9 cm³/mol. The maximum absolute atomic E-state index is 9.11. The third kappa shape index (κ3) is 3.69. The minimum absolute atomic E-state index is 0.0917. The molecule has 1 rings (SSSR count). The minimum Gasteiger partial charge on any atom is -0.395 e. The van der Waals surface area contributed by atoms with Crippen molar-refractivity contribution < 1.29 is 5.11 Å². The lowest BCUT2D eigenvalue weighted by Gasteiger charge is -2.19. The van der Waals surface area contributed by atoms with E-state index >= 15 is 0 Å². The van der Waals surface area contributed by atoms with E-state index in [4.69, 9.17) is 5.11 Å². The zero-order valence-electron chi connectivity index (χ0n) is 9.51. The fourth-order valence-corrected chi connectivity index (χ4v) is 1.72. The average molecular weight is 195 g/mol. The van der Waals surface area contributed by atoms with Crippen molar-refractivity contribution in [3.05, 3.63) is 0 Å². The zero-order chi connectivity index (χ0) is 10.6. The van der Waals surface area contributed by atoms with Crippen molar-refractivity contribution in [3.63, 3.8) is 0 Å². The Kier molecular flexibility index (Phi) is 3.97. The lowest BCUT2D eigenvalue weighted by Crippen LogP contribution is -2.32. The zero-order valence-corrected chi connectivity index (χ0v) is 9.51. The summed E-state index contributed by atoms with van der Waals surface area (Å²) in [5.74, 6) is 6.42.